The lowest BCUT2D eigenvalue weighted by molar-refractivity contribution is 0.0932. The van der Waals surface area contributed by atoms with Crippen LogP contribution >= 0.6 is 15.9 Å². The maximum atomic E-state index is 13.5. The lowest BCUT2D eigenvalue weighted by Gasteiger charge is -2.34. The lowest BCUT2D eigenvalue weighted by Crippen LogP contribution is -2.48. The molecule has 1 unspecified atom stereocenters. The van der Waals surface area contributed by atoms with Crippen molar-refractivity contribution >= 4 is 33.3 Å². The number of piperidine rings is 1. The summed E-state index contributed by atoms with van der Waals surface area (Å²) in [6, 6.07) is 7.87. The summed E-state index contributed by atoms with van der Waals surface area (Å²) in [7, 11) is 0. The number of halogens is 2. The number of nitrogens with one attached hydrogen (secondary N) is 1. The smallest absolute Gasteiger partial charge is 0.252 e. The lowest BCUT2D eigenvalue weighted by atomic mass is 10.0. The molecule has 1 aliphatic heterocycles. The monoisotopic (exact) mass is 417 g/mol. The highest BCUT2D eigenvalue weighted by atomic mass is 79.9. The molecule has 4 rings (SSSR count). The first-order valence-corrected chi connectivity index (χ1v) is 9.21. The van der Waals surface area contributed by atoms with Crippen LogP contribution in [-0.4, -0.2) is 39.6 Å². The molecule has 26 heavy (non-hydrogen) atoms. The first-order chi connectivity index (χ1) is 12.6. The molecule has 3 heterocycles. The van der Waals surface area contributed by atoms with E-state index in [0.29, 0.717) is 16.6 Å². The zero-order valence-electron chi connectivity index (χ0n) is 13.9. The van der Waals surface area contributed by atoms with Crippen LogP contribution in [0.1, 0.15) is 23.2 Å². The second-order valence-electron chi connectivity index (χ2n) is 6.29. The molecule has 0 bridgehead atoms. The van der Waals surface area contributed by atoms with E-state index in [1.807, 2.05) is 12.1 Å². The van der Waals surface area contributed by atoms with E-state index in [1.54, 1.807) is 23.0 Å². The Morgan fingerprint density at radius 1 is 1.27 bits per heavy atom. The summed E-state index contributed by atoms with van der Waals surface area (Å²) in [5, 5.41) is 7.35. The second-order valence-corrected chi connectivity index (χ2v) is 7.14. The summed E-state index contributed by atoms with van der Waals surface area (Å²) in [5.74, 6) is 0.245. The van der Waals surface area contributed by atoms with E-state index in [2.05, 4.69) is 36.2 Å². The van der Waals surface area contributed by atoms with Gasteiger partial charge in [0.1, 0.15) is 11.6 Å². The first-order valence-electron chi connectivity index (χ1n) is 8.41. The molecule has 1 aromatic carbocycles. The number of hydrogen-bond donors (Lipinski definition) is 1. The Kier molecular flexibility index (Phi) is 4.58. The third-order valence-corrected chi connectivity index (χ3v) is 5.22. The van der Waals surface area contributed by atoms with Crippen molar-refractivity contribution in [2.75, 3.05) is 18.0 Å². The summed E-state index contributed by atoms with van der Waals surface area (Å²) in [6.07, 6.45) is 5.30. The average molecular weight is 418 g/mol. The molecule has 0 saturated carbocycles. The minimum Gasteiger partial charge on any atom is -0.354 e. The fraction of sp³-hybridized carbons (Fsp3) is 0.278. The van der Waals surface area contributed by atoms with E-state index >= 15 is 0 Å². The van der Waals surface area contributed by atoms with E-state index in [1.165, 1.54) is 12.1 Å². The number of nitrogens with zero attached hydrogens (tertiary/aromatic N) is 4. The summed E-state index contributed by atoms with van der Waals surface area (Å²) in [5.41, 5.74) is 1.10. The van der Waals surface area contributed by atoms with Crippen LogP contribution in [0.4, 0.5) is 10.2 Å². The molecule has 134 valence electrons. The number of aromatic nitrogens is 3. The molecule has 1 amide bonds. The summed E-state index contributed by atoms with van der Waals surface area (Å²) in [4.78, 5) is 19.0. The van der Waals surface area contributed by atoms with Crippen molar-refractivity contribution in [1.29, 1.82) is 0 Å². The predicted octanol–water partition coefficient (Wildman–Crippen LogP) is 3.03. The number of carbonyl (C=O) groups is 1. The Morgan fingerprint density at radius 3 is 3.04 bits per heavy atom. The number of amides is 1. The van der Waals surface area contributed by atoms with Crippen molar-refractivity contribution < 1.29 is 9.18 Å². The van der Waals surface area contributed by atoms with Crippen molar-refractivity contribution in [2.24, 2.45) is 0 Å². The maximum Gasteiger partial charge on any atom is 0.252 e. The fourth-order valence-corrected chi connectivity index (χ4v) is 3.73. The maximum absolute atomic E-state index is 13.5. The van der Waals surface area contributed by atoms with Gasteiger partial charge in [0.2, 0.25) is 0 Å². The van der Waals surface area contributed by atoms with Crippen molar-refractivity contribution in [3.8, 4) is 0 Å². The minimum atomic E-state index is -0.429. The molecular weight excluding hydrogens is 401 g/mol. The van der Waals surface area contributed by atoms with Gasteiger partial charge >= 0.3 is 0 Å². The number of fused-ring (bicyclic) bond motifs is 1. The van der Waals surface area contributed by atoms with Gasteiger partial charge in [-0.3, -0.25) is 4.79 Å². The van der Waals surface area contributed by atoms with E-state index in [-0.39, 0.29) is 11.9 Å². The molecule has 3 aromatic rings. The molecule has 1 N–H and O–H groups in total. The molecule has 8 heteroatoms. The second kappa shape index (κ2) is 7.03. The Balaban J connectivity index is 1.51. The van der Waals surface area contributed by atoms with E-state index < -0.39 is 5.82 Å². The topological polar surface area (TPSA) is 62.5 Å². The molecule has 1 saturated heterocycles. The third kappa shape index (κ3) is 3.29. The Hall–Kier alpha value is -2.48. The van der Waals surface area contributed by atoms with Gasteiger partial charge in [-0.25, -0.2) is 9.37 Å². The molecule has 1 atom stereocenters. The Labute approximate surface area is 158 Å². The summed E-state index contributed by atoms with van der Waals surface area (Å²) in [6.45, 7) is 1.55. The predicted molar refractivity (Wildman–Crippen MR) is 99.8 cm³/mol. The molecule has 0 aliphatic carbocycles. The zero-order chi connectivity index (χ0) is 18.1. The van der Waals surface area contributed by atoms with Crippen LogP contribution in [0.3, 0.4) is 0 Å². The number of benzene rings is 1. The molecule has 1 aliphatic rings. The zero-order valence-corrected chi connectivity index (χ0v) is 15.5. The average Bonchev–Trinajstić information content (AvgIpc) is 3.12. The highest BCUT2D eigenvalue weighted by molar-refractivity contribution is 9.10. The van der Waals surface area contributed by atoms with Crippen molar-refractivity contribution in [1.82, 2.24) is 19.9 Å². The number of hydrogen-bond acceptors (Lipinski definition) is 4. The SMILES string of the molecule is O=C(NC1CCCN(c2ccnc3ccnn23)C1)c1cc(F)ccc1Br. The van der Waals surface area contributed by atoms with Gasteiger partial charge in [0.15, 0.2) is 5.65 Å². The van der Waals surface area contributed by atoms with Gasteiger partial charge in [0.25, 0.3) is 5.91 Å². The molecule has 0 spiro atoms. The quantitative estimate of drug-likeness (QED) is 0.711. The molecule has 2 aromatic heterocycles. The van der Waals surface area contributed by atoms with Crippen molar-refractivity contribution in [3.63, 3.8) is 0 Å². The minimum absolute atomic E-state index is 0.0230. The number of rotatable bonds is 3. The highest BCUT2D eigenvalue weighted by Gasteiger charge is 2.24. The van der Waals surface area contributed by atoms with E-state index in [9.17, 15) is 9.18 Å². The van der Waals surface area contributed by atoms with Gasteiger partial charge < -0.3 is 10.2 Å². The van der Waals surface area contributed by atoms with Crippen LogP contribution in [0.25, 0.3) is 5.65 Å². The fourth-order valence-electron chi connectivity index (χ4n) is 3.30. The van der Waals surface area contributed by atoms with Crippen LogP contribution < -0.4 is 10.2 Å². The summed E-state index contributed by atoms with van der Waals surface area (Å²) < 4.78 is 15.8. The van der Waals surface area contributed by atoms with Crippen LogP contribution in [0.5, 0.6) is 0 Å². The van der Waals surface area contributed by atoms with Gasteiger partial charge in [-0.15, -0.1) is 0 Å². The van der Waals surface area contributed by atoms with Crippen LogP contribution in [0, 0.1) is 5.82 Å². The molecule has 0 radical (unpaired) electrons. The van der Waals surface area contributed by atoms with Gasteiger partial charge in [-0.1, -0.05) is 0 Å². The van der Waals surface area contributed by atoms with Crippen molar-refractivity contribution in [3.05, 3.63) is 58.6 Å². The number of carbonyl (C=O) groups excluding carboxylic acids is 1. The normalized spacial score (nSPS) is 17.5. The van der Waals surface area contributed by atoms with Gasteiger partial charge in [0, 0.05) is 35.9 Å². The van der Waals surface area contributed by atoms with Crippen LogP contribution in [0.2, 0.25) is 0 Å². The standard InChI is InChI=1S/C18H17BrFN5O/c19-15-4-3-12(20)10-14(15)18(26)23-13-2-1-9-24(11-13)17-6-7-21-16-5-8-22-25(16)17/h3-8,10,13H,1-2,9,11H2,(H,23,26). The largest absolute Gasteiger partial charge is 0.354 e. The van der Waals surface area contributed by atoms with Gasteiger partial charge in [-0.2, -0.15) is 9.61 Å². The Bertz CT molecular complexity index is 960. The van der Waals surface area contributed by atoms with Crippen molar-refractivity contribution in [2.45, 2.75) is 18.9 Å². The van der Waals surface area contributed by atoms with E-state index in [0.717, 1.165) is 30.9 Å². The number of anilines is 1. The molecular formula is C18H17BrFN5O. The van der Waals surface area contributed by atoms with Gasteiger partial charge in [-0.05, 0) is 53.0 Å². The molecule has 6 nitrogen and oxygen atoms in total. The Morgan fingerprint density at radius 2 is 2.15 bits per heavy atom. The highest BCUT2D eigenvalue weighted by Crippen LogP contribution is 2.22. The van der Waals surface area contributed by atoms with Crippen LogP contribution in [-0.2, 0) is 0 Å². The van der Waals surface area contributed by atoms with Gasteiger partial charge in [0.05, 0.1) is 11.8 Å². The summed E-state index contributed by atoms with van der Waals surface area (Å²) >= 11 is 3.31. The van der Waals surface area contributed by atoms with E-state index in [4.69, 9.17) is 0 Å². The third-order valence-electron chi connectivity index (χ3n) is 4.52. The van der Waals surface area contributed by atoms with Crippen LogP contribution in [0.15, 0.2) is 47.2 Å². The molecule has 1 fully saturated rings. The first kappa shape index (κ1) is 17.0.